The Balaban J connectivity index is 2.77. The van der Waals surface area contributed by atoms with E-state index in [1.54, 1.807) is 5.19 Å². The molecule has 0 unspecified atom stereocenters. The van der Waals surface area contributed by atoms with Gasteiger partial charge in [-0.15, -0.1) is 0 Å². The number of rotatable bonds is 2. The second-order valence-corrected chi connectivity index (χ2v) is 13.4. The van der Waals surface area contributed by atoms with Crippen LogP contribution in [0.3, 0.4) is 0 Å². The quantitative estimate of drug-likeness (QED) is 0.574. The third kappa shape index (κ3) is 3.32. The molecule has 118 valence electrons. The van der Waals surface area contributed by atoms with Gasteiger partial charge in [0.15, 0.2) is 6.20 Å². The van der Waals surface area contributed by atoms with Crippen LogP contribution in [0, 0.1) is 6.92 Å². The number of hydrogen-bond donors (Lipinski definition) is 0. The van der Waals surface area contributed by atoms with E-state index in [0.29, 0.717) is 0 Å². The Morgan fingerprint density at radius 2 is 1.64 bits per heavy atom. The summed E-state index contributed by atoms with van der Waals surface area (Å²) in [5.74, 6) is 0. The Morgan fingerprint density at radius 1 is 1.00 bits per heavy atom. The Bertz CT molecular complexity index is 688. The fraction of sp³-hybridized carbons (Fsp3) is 0.450. The van der Waals surface area contributed by atoms with E-state index in [-0.39, 0.29) is 5.41 Å². The Morgan fingerprint density at radius 3 is 2.14 bits per heavy atom. The first kappa shape index (κ1) is 16.9. The van der Waals surface area contributed by atoms with Gasteiger partial charge in [0.2, 0.25) is 5.69 Å². The maximum absolute atomic E-state index is 2.45. The molecule has 2 heteroatoms. The van der Waals surface area contributed by atoms with Crippen molar-refractivity contribution in [3.63, 3.8) is 0 Å². The molecule has 1 aromatic carbocycles. The molecule has 0 N–H and O–H groups in total. The Kier molecular flexibility index (Phi) is 4.36. The zero-order chi connectivity index (χ0) is 16.7. The highest BCUT2D eigenvalue weighted by Crippen LogP contribution is 2.29. The summed E-state index contributed by atoms with van der Waals surface area (Å²) in [6, 6.07) is 11.3. The van der Waals surface area contributed by atoms with E-state index in [4.69, 9.17) is 0 Å². The summed E-state index contributed by atoms with van der Waals surface area (Å²) >= 11 is 0. The molecule has 0 saturated carbocycles. The van der Waals surface area contributed by atoms with Crippen LogP contribution < -0.4 is 9.75 Å². The van der Waals surface area contributed by atoms with E-state index in [9.17, 15) is 0 Å². The smallest absolute Gasteiger partial charge is 0.201 e. The van der Waals surface area contributed by atoms with Crippen molar-refractivity contribution in [3.05, 3.63) is 47.7 Å². The minimum atomic E-state index is -1.36. The van der Waals surface area contributed by atoms with Crippen LogP contribution in [0.25, 0.3) is 11.3 Å². The zero-order valence-electron chi connectivity index (χ0n) is 15.4. The Hall–Kier alpha value is -1.41. The predicted octanol–water partition coefficient (Wildman–Crippen LogP) is 4.33. The first-order chi connectivity index (χ1) is 10.0. The molecule has 1 nitrogen and oxygen atoms in total. The molecule has 2 rings (SSSR count). The summed E-state index contributed by atoms with van der Waals surface area (Å²) < 4.78 is 2.21. The van der Waals surface area contributed by atoms with Crippen LogP contribution in [0.5, 0.6) is 0 Å². The van der Waals surface area contributed by atoms with Crippen molar-refractivity contribution in [1.29, 1.82) is 0 Å². The van der Waals surface area contributed by atoms with E-state index >= 15 is 0 Å². The van der Waals surface area contributed by atoms with Crippen LogP contribution >= 0.6 is 0 Å². The highest BCUT2D eigenvalue weighted by atomic mass is 28.3. The largest absolute Gasteiger partial charge is 0.212 e. The third-order valence-electron chi connectivity index (χ3n) is 4.31. The lowest BCUT2D eigenvalue weighted by Gasteiger charge is -2.30. The molecule has 0 bridgehead atoms. The van der Waals surface area contributed by atoms with Crippen molar-refractivity contribution in [3.8, 4) is 11.3 Å². The summed E-state index contributed by atoms with van der Waals surface area (Å²) in [7, 11) is 0.760. The lowest BCUT2D eigenvalue weighted by Crippen LogP contribution is -2.43. The van der Waals surface area contributed by atoms with Gasteiger partial charge < -0.3 is 0 Å². The number of hydrogen-bond acceptors (Lipinski definition) is 0. The van der Waals surface area contributed by atoms with E-state index in [1.807, 2.05) is 0 Å². The second kappa shape index (κ2) is 5.66. The normalized spacial score (nSPS) is 12.5. The van der Waals surface area contributed by atoms with Gasteiger partial charge in [-0.2, -0.15) is 0 Å². The summed E-state index contributed by atoms with van der Waals surface area (Å²) in [5, 5.41) is 1.60. The Labute approximate surface area is 137 Å². The van der Waals surface area contributed by atoms with Gasteiger partial charge in [0.1, 0.15) is 7.05 Å². The van der Waals surface area contributed by atoms with Crippen LogP contribution in [-0.4, -0.2) is 8.07 Å². The first-order valence-corrected chi connectivity index (χ1v) is 11.6. The van der Waals surface area contributed by atoms with Gasteiger partial charge in [-0.1, -0.05) is 51.7 Å². The SMILES string of the molecule is Cc1cc([Si](C)(C)C)c(C(C)(C)C)cc1-c1cccc[n+]1C. The number of benzene rings is 1. The molecule has 0 aliphatic carbocycles. The third-order valence-corrected chi connectivity index (χ3v) is 6.34. The van der Waals surface area contributed by atoms with E-state index in [2.05, 4.69) is 95.5 Å². The summed E-state index contributed by atoms with van der Waals surface area (Å²) in [6.07, 6.45) is 2.12. The molecular weight excluding hydrogens is 282 g/mol. The van der Waals surface area contributed by atoms with Crippen molar-refractivity contribution in [2.45, 2.75) is 52.8 Å². The van der Waals surface area contributed by atoms with Crippen LogP contribution in [0.2, 0.25) is 19.6 Å². The average molecular weight is 313 g/mol. The van der Waals surface area contributed by atoms with Gasteiger partial charge in [0.25, 0.3) is 0 Å². The molecule has 0 radical (unpaired) electrons. The predicted molar refractivity (Wildman–Crippen MR) is 99.5 cm³/mol. The van der Waals surface area contributed by atoms with Gasteiger partial charge in [0, 0.05) is 17.7 Å². The van der Waals surface area contributed by atoms with Gasteiger partial charge >= 0.3 is 0 Å². The fourth-order valence-corrected chi connectivity index (χ4v) is 4.93. The molecular formula is C20H30NSi+. The number of aromatic nitrogens is 1. The topological polar surface area (TPSA) is 3.88 Å². The van der Waals surface area contributed by atoms with E-state index < -0.39 is 8.07 Å². The molecule has 0 amide bonds. The van der Waals surface area contributed by atoms with Crippen molar-refractivity contribution >= 4 is 13.3 Å². The van der Waals surface area contributed by atoms with Crippen LogP contribution in [-0.2, 0) is 12.5 Å². The van der Waals surface area contributed by atoms with Gasteiger partial charge in [0.05, 0.1) is 8.07 Å². The summed E-state index contributed by atoms with van der Waals surface area (Å²) in [6.45, 7) is 16.6. The van der Waals surface area contributed by atoms with Crippen molar-refractivity contribution in [2.24, 2.45) is 7.05 Å². The molecule has 0 spiro atoms. The average Bonchev–Trinajstić information content (AvgIpc) is 2.37. The van der Waals surface area contributed by atoms with Crippen molar-refractivity contribution in [1.82, 2.24) is 0 Å². The molecule has 0 fully saturated rings. The number of aryl methyl sites for hydroxylation is 2. The van der Waals surface area contributed by atoms with Crippen molar-refractivity contribution in [2.75, 3.05) is 0 Å². The van der Waals surface area contributed by atoms with Gasteiger partial charge in [-0.25, -0.2) is 4.57 Å². The van der Waals surface area contributed by atoms with Gasteiger partial charge in [-0.3, -0.25) is 0 Å². The molecule has 0 aliphatic rings. The fourth-order valence-electron chi connectivity index (χ4n) is 3.03. The summed E-state index contributed by atoms with van der Waals surface area (Å²) in [5.41, 5.74) is 5.71. The standard InChI is InChI=1S/C20H30NSi/c1-15-13-19(22(6,7)8)17(20(2,3)4)14-16(15)18-11-9-10-12-21(18)5/h9-14H,1-8H3/q+1. The van der Waals surface area contributed by atoms with Crippen LogP contribution in [0.15, 0.2) is 36.5 Å². The molecule has 0 saturated heterocycles. The molecule has 2 aromatic rings. The molecule has 1 heterocycles. The molecule has 1 aromatic heterocycles. The number of nitrogens with zero attached hydrogens (tertiary/aromatic N) is 1. The second-order valence-electron chi connectivity index (χ2n) is 8.41. The first-order valence-electron chi connectivity index (χ1n) is 8.12. The minimum Gasteiger partial charge on any atom is -0.201 e. The molecule has 0 aliphatic heterocycles. The lowest BCUT2D eigenvalue weighted by atomic mass is 9.84. The zero-order valence-corrected chi connectivity index (χ0v) is 16.4. The van der Waals surface area contributed by atoms with E-state index in [0.717, 1.165) is 0 Å². The number of pyridine rings is 1. The molecule has 22 heavy (non-hydrogen) atoms. The monoisotopic (exact) mass is 312 g/mol. The maximum atomic E-state index is 2.45. The molecule has 0 atom stereocenters. The van der Waals surface area contributed by atoms with E-state index in [1.165, 1.54) is 22.4 Å². The minimum absolute atomic E-state index is 0.172. The van der Waals surface area contributed by atoms with Crippen molar-refractivity contribution < 1.29 is 4.57 Å². The van der Waals surface area contributed by atoms with Gasteiger partial charge in [-0.05, 0) is 35.6 Å². The highest BCUT2D eigenvalue weighted by Gasteiger charge is 2.28. The summed E-state index contributed by atoms with van der Waals surface area (Å²) in [4.78, 5) is 0. The highest BCUT2D eigenvalue weighted by molar-refractivity contribution is 6.89. The van der Waals surface area contributed by atoms with Crippen LogP contribution in [0.1, 0.15) is 31.9 Å². The maximum Gasteiger partial charge on any atom is 0.212 e. The lowest BCUT2D eigenvalue weighted by molar-refractivity contribution is -0.660. The van der Waals surface area contributed by atoms with Crippen LogP contribution in [0.4, 0.5) is 0 Å².